The highest BCUT2D eigenvalue weighted by molar-refractivity contribution is 5.87. The van der Waals surface area contributed by atoms with Crippen molar-refractivity contribution in [1.82, 2.24) is 0 Å². The average Bonchev–Trinajstić information content (AvgIpc) is 2.26. The zero-order valence-electron chi connectivity index (χ0n) is 12.0. The molecule has 0 aliphatic rings. The molecule has 0 aliphatic heterocycles. The fourth-order valence-corrected chi connectivity index (χ4v) is 1.30. The third-order valence-corrected chi connectivity index (χ3v) is 2.84. The quantitative estimate of drug-likeness (QED) is 0.604. The molecule has 0 bridgehead atoms. The van der Waals surface area contributed by atoms with E-state index < -0.39 is 5.41 Å². The van der Waals surface area contributed by atoms with Gasteiger partial charge in [0.05, 0.1) is 0 Å². The van der Waals surface area contributed by atoms with Crippen molar-refractivity contribution >= 4 is 5.78 Å². The largest absolute Gasteiger partial charge is 0.337 e. The monoisotopic (exact) mass is 250 g/mol. The summed E-state index contributed by atoms with van der Waals surface area (Å²) in [5.74, 6) is 0.773. The maximum Gasteiger partial charge on any atom is 0.165 e. The topological polar surface area (TPSA) is 35.5 Å². The Morgan fingerprint density at radius 2 is 1.50 bits per heavy atom. The molecule has 18 heavy (non-hydrogen) atoms. The molecule has 0 heterocycles. The van der Waals surface area contributed by atoms with Crippen molar-refractivity contribution in [2.45, 2.75) is 52.6 Å². The maximum absolute atomic E-state index is 11.6. The Morgan fingerprint density at radius 3 is 1.89 bits per heavy atom. The van der Waals surface area contributed by atoms with Crippen LogP contribution in [0.25, 0.3) is 0 Å². The van der Waals surface area contributed by atoms with Gasteiger partial charge in [-0.2, -0.15) is 4.89 Å². The van der Waals surface area contributed by atoms with Crippen molar-refractivity contribution in [3.63, 3.8) is 0 Å². The highest BCUT2D eigenvalue weighted by Gasteiger charge is 2.25. The number of ketones is 1. The number of carbonyl (C=O) groups excluding carboxylic acids is 1. The van der Waals surface area contributed by atoms with E-state index in [1.54, 1.807) is 6.92 Å². The van der Waals surface area contributed by atoms with Crippen LogP contribution in [0.5, 0.6) is 5.75 Å². The lowest BCUT2D eigenvalue weighted by atomic mass is 9.81. The van der Waals surface area contributed by atoms with Crippen LogP contribution in [0.4, 0.5) is 0 Å². The number of carbonyl (C=O) groups is 1. The van der Waals surface area contributed by atoms with E-state index in [9.17, 15) is 4.79 Å². The molecule has 1 aromatic rings. The van der Waals surface area contributed by atoms with E-state index in [4.69, 9.17) is 9.78 Å². The lowest BCUT2D eigenvalue weighted by molar-refractivity contribution is -0.274. The molecular weight excluding hydrogens is 228 g/mol. The van der Waals surface area contributed by atoms with Gasteiger partial charge in [0, 0.05) is 5.41 Å². The van der Waals surface area contributed by atoms with Crippen molar-refractivity contribution in [1.29, 1.82) is 0 Å². The van der Waals surface area contributed by atoms with Crippen molar-refractivity contribution in [2.24, 2.45) is 0 Å². The second-order valence-corrected chi connectivity index (χ2v) is 5.98. The SMILES string of the molecule is CC(=O)C(C)(C)c1ccc(OOC(C)(C)C)cc1. The smallest absolute Gasteiger partial charge is 0.165 e. The second kappa shape index (κ2) is 5.11. The standard InChI is InChI=1S/C15H22O3/c1-11(16)15(5,6)12-7-9-13(10-8-12)17-18-14(2,3)4/h7-10H,1-6H3. The Labute approximate surface area is 109 Å². The minimum Gasteiger partial charge on any atom is -0.337 e. The summed E-state index contributed by atoms with van der Waals surface area (Å²) in [6, 6.07) is 7.41. The van der Waals surface area contributed by atoms with Crippen LogP contribution in [0, 0.1) is 0 Å². The predicted octanol–water partition coefficient (Wildman–Crippen LogP) is 3.66. The van der Waals surface area contributed by atoms with Gasteiger partial charge in [0.2, 0.25) is 0 Å². The van der Waals surface area contributed by atoms with Crippen LogP contribution in [0.2, 0.25) is 0 Å². The van der Waals surface area contributed by atoms with Gasteiger partial charge >= 0.3 is 0 Å². The molecule has 0 aromatic heterocycles. The summed E-state index contributed by atoms with van der Waals surface area (Å²) in [4.78, 5) is 22.0. The molecule has 1 rings (SSSR count). The average molecular weight is 250 g/mol. The molecule has 100 valence electrons. The third kappa shape index (κ3) is 3.84. The van der Waals surface area contributed by atoms with E-state index in [1.165, 1.54) is 0 Å². The van der Waals surface area contributed by atoms with Crippen LogP contribution < -0.4 is 4.89 Å². The van der Waals surface area contributed by atoms with E-state index in [1.807, 2.05) is 58.9 Å². The summed E-state index contributed by atoms with van der Waals surface area (Å²) in [6.07, 6.45) is 0. The lowest BCUT2D eigenvalue weighted by Gasteiger charge is -2.22. The Kier molecular flexibility index (Phi) is 4.17. The first kappa shape index (κ1) is 14.7. The van der Waals surface area contributed by atoms with Gasteiger partial charge in [0.1, 0.15) is 11.4 Å². The molecule has 0 fully saturated rings. The molecular formula is C15H22O3. The van der Waals surface area contributed by atoms with Gasteiger partial charge in [-0.1, -0.05) is 12.1 Å². The predicted molar refractivity (Wildman–Crippen MR) is 71.6 cm³/mol. The van der Waals surface area contributed by atoms with Gasteiger partial charge in [-0.25, -0.2) is 0 Å². The Hall–Kier alpha value is -1.35. The first-order valence-electron chi connectivity index (χ1n) is 6.10. The number of rotatable bonds is 4. The molecule has 3 heteroatoms. The minimum atomic E-state index is -0.469. The maximum atomic E-state index is 11.6. The molecule has 0 saturated heterocycles. The number of Topliss-reactive ketones (excluding diaryl/α,β-unsaturated/α-hetero) is 1. The fourth-order valence-electron chi connectivity index (χ4n) is 1.30. The molecule has 3 nitrogen and oxygen atoms in total. The van der Waals surface area contributed by atoms with Crippen LogP contribution in [0.15, 0.2) is 24.3 Å². The van der Waals surface area contributed by atoms with E-state index >= 15 is 0 Å². The Morgan fingerprint density at radius 1 is 1.00 bits per heavy atom. The molecule has 0 spiro atoms. The van der Waals surface area contributed by atoms with Crippen LogP contribution in [-0.4, -0.2) is 11.4 Å². The Balaban J connectivity index is 2.78. The molecule has 0 atom stereocenters. The van der Waals surface area contributed by atoms with Gasteiger partial charge in [0.15, 0.2) is 5.75 Å². The summed E-state index contributed by atoms with van der Waals surface area (Å²) in [5, 5.41) is 0. The van der Waals surface area contributed by atoms with Gasteiger partial charge in [-0.3, -0.25) is 4.79 Å². The van der Waals surface area contributed by atoms with Gasteiger partial charge in [-0.05, 0) is 59.2 Å². The van der Waals surface area contributed by atoms with Crippen molar-refractivity contribution < 1.29 is 14.6 Å². The number of benzene rings is 1. The minimum absolute atomic E-state index is 0.141. The van der Waals surface area contributed by atoms with Crippen LogP contribution in [0.1, 0.15) is 47.1 Å². The van der Waals surface area contributed by atoms with E-state index in [0.717, 1.165) is 5.56 Å². The summed E-state index contributed by atoms with van der Waals surface area (Å²) in [7, 11) is 0. The first-order chi connectivity index (χ1) is 8.13. The van der Waals surface area contributed by atoms with Crippen LogP contribution in [-0.2, 0) is 15.1 Å². The highest BCUT2D eigenvalue weighted by atomic mass is 17.2. The van der Waals surface area contributed by atoms with Crippen molar-refractivity contribution in [2.75, 3.05) is 0 Å². The molecule has 0 unspecified atom stereocenters. The number of hydrogen-bond acceptors (Lipinski definition) is 3. The van der Waals surface area contributed by atoms with Crippen LogP contribution >= 0.6 is 0 Å². The second-order valence-electron chi connectivity index (χ2n) is 5.98. The normalized spacial score (nSPS) is 12.3. The zero-order valence-corrected chi connectivity index (χ0v) is 12.0. The first-order valence-corrected chi connectivity index (χ1v) is 6.10. The summed E-state index contributed by atoms with van der Waals surface area (Å²) in [5.41, 5.74) is 0.152. The lowest BCUT2D eigenvalue weighted by Crippen LogP contribution is -2.26. The molecule has 0 saturated carbocycles. The van der Waals surface area contributed by atoms with E-state index in [-0.39, 0.29) is 11.4 Å². The summed E-state index contributed by atoms with van der Waals surface area (Å²) >= 11 is 0. The van der Waals surface area contributed by atoms with Gasteiger partial charge in [0.25, 0.3) is 0 Å². The van der Waals surface area contributed by atoms with E-state index in [2.05, 4.69) is 0 Å². The molecule has 0 amide bonds. The summed E-state index contributed by atoms with van der Waals surface area (Å²) in [6.45, 7) is 11.2. The molecule has 1 aromatic carbocycles. The third-order valence-electron chi connectivity index (χ3n) is 2.84. The number of hydrogen-bond donors (Lipinski definition) is 0. The molecule has 0 N–H and O–H groups in total. The van der Waals surface area contributed by atoms with Gasteiger partial charge < -0.3 is 4.89 Å². The van der Waals surface area contributed by atoms with Crippen molar-refractivity contribution in [3.8, 4) is 5.75 Å². The highest BCUT2D eigenvalue weighted by Crippen LogP contribution is 2.26. The zero-order chi connectivity index (χ0) is 14.0. The molecule has 0 aliphatic carbocycles. The van der Waals surface area contributed by atoms with Crippen molar-refractivity contribution in [3.05, 3.63) is 29.8 Å². The molecule has 0 radical (unpaired) electrons. The summed E-state index contributed by atoms with van der Waals surface area (Å²) < 4.78 is 0. The van der Waals surface area contributed by atoms with E-state index in [0.29, 0.717) is 5.75 Å². The van der Waals surface area contributed by atoms with Gasteiger partial charge in [-0.15, -0.1) is 0 Å². The fraction of sp³-hybridized carbons (Fsp3) is 0.533. The van der Waals surface area contributed by atoms with Crippen LogP contribution in [0.3, 0.4) is 0 Å². The Bertz CT molecular complexity index is 410.